The van der Waals surface area contributed by atoms with Gasteiger partial charge in [-0.2, -0.15) is 0 Å². The van der Waals surface area contributed by atoms with Crippen molar-refractivity contribution in [1.82, 2.24) is 9.55 Å². The predicted octanol–water partition coefficient (Wildman–Crippen LogP) is 3.45. The summed E-state index contributed by atoms with van der Waals surface area (Å²) in [7, 11) is 0. The number of imidazole rings is 1. The van der Waals surface area contributed by atoms with E-state index in [1.54, 1.807) is 11.3 Å². The van der Waals surface area contributed by atoms with Gasteiger partial charge in [-0.25, -0.2) is 4.98 Å². The highest BCUT2D eigenvalue weighted by Crippen LogP contribution is 2.37. The molecular weight excluding hydrogens is 218 g/mol. The van der Waals surface area contributed by atoms with Crippen LogP contribution in [0, 0.1) is 0 Å². The van der Waals surface area contributed by atoms with Crippen molar-refractivity contribution in [3.05, 3.63) is 34.8 Å². The normalized spacial score (nSPS) is 17.3. The minimum absolute atomic E-state index is 0.333. The van der Waals surface area contributed by atoms with Crippen molar-refractivity contribution in [3.8, 4) is 0 Å². The fraction of sp³-hybridized carbons (Fsp3) is 0.417. The van der Waals surface area contributed by atoms with Crippen molar-refractivity contribution in [2.75, 3.05) is 5.32 Å². The van der Waals surface area contributed by atoms with Gasteiger partial charge in [0, 0.05) is 23.3 Å². The van der Waals surface area contributed by atoms with Gasteiger partial charge in [0.15, 0.2) is 0 Å². The minimum atomic E-state index is 0.333. The highest BCUT2D eigenvalue weighted by atomic mass is 32.1. The van der Waals surface area contributed by atoms with Crippen LogP contribution in [0.2, 0.25) is 0 Å². The molecule has 1 unspecified atom stereocenters. The number of hydrogen-bond donors (Lipinski definition) is 1. The van der Waals surface area contributed by atoms with Gasteiger partial charge in [-0.05, 0) is 31.2 Å². The molecule has 0 bridgehead atoms. The van der Waals surface area contributed by atoms with E-state index >= 15 is 0 Å². The van der Waals surface area contributed by atoms with E-state index in [0.29, 0.717) is 12.1 Å². The number of nitrogens with zero attached hydrogens (tertiary/aromatic N) is 2. The Hall–Kier alpha value is -1.29. The average molecular weight is 233 g/mol. The topological polar surface area (TPSA) is 29.9 Å². The zero-order valence-electron chi connectivity index (χ0n) is 9.26. The summed E-state index contributed by atoms with van der Waals surface area (Å²) < 4.78 is 2.25. The monoisotopic (exact) mass is 233 g/mol. The Morgan fingerprint density at radius 3 is 3.12 bits per heavy atom. The van der Waals surface area contributed by atoms with Crippen LogP contribution in [0.25, 0.3) is 0 Å². The van der Waals surface area contributed by atoms with Crippen LogP contribution in [0.15, 0.2) is 29.9 Å². The molecule has 1 aliphatic rings. The van der Waals surface area contributed by atoms with E-state index in [1.165, 1.54) is 17.7 Å². The molecule has 1 atom stereocenters. The quantitative estimate of drug-likeness (QED) is 0.876. The van der Waals surface area contributed by atoms with Crippen LogP contribution in [0.5, 0.6) is 0 Å². The Morgan fingerprint density at radius 1 is 1.56 bits per heavy atom. The van der Waals surface area contributed by atoms with E-state index in [0.717, 1.165) is 5.95 Å². The summed E-state index contributed by atoms with van der Waals surface area (Å²) in [5.41, 5.74) is 0. The van der Waals surface area contributed by atoms with Crippen LogP contribution in [0.1, 0.15) is 36.7 Å². The Bertz CT molecular complexity index is 456. The Labute approximate surface area is 99.1 Å². The molecule has 2 aromatic rings. The lowest BCUT2D eigenvalue weighted by molar-refractivity contribution is 0.729. The molecule has 3 nitrogen and oxygen atoms in total. The van der Waals surface area contributed by atoms with Crippen molar-refractivity contribution in [1.29, 1.82) is 0 Å². The van der Waals surface area contributed by atoms with Gasteiger partial charge in [-0.15, -0.1) is 11.3 Å². The fourth-order valence-electron chi connectivity index (χ4n) is 1.87. The van der Waals surface area contributed by atoms with Gasteiger partial charge >= 0.3 is 0 Å². The van der Waals surface area contributed by atoms with Gasteiger partial charge in [0.1, 0.15) is 0 Å². The summed E-state index contributed by atoms with van der Waals surface area (Å²) in [6.45, 7) is 2.18. The molecule has 0 aliphatic heterocycles. The molecule has 1 fully saturated rings. The molecular formula is C12H15N3S. The smallest absolute Gasteiger partial charge is 0.203 e. The molecule has 1 saturated carbocycles. The van der Waals surface area contributed by atoms with Crippen molar-refractivity contribution < 1.29 is 0 Å². The molecule has 2 heterocycles. The van der Waals surface area contributed by atoms with E-state index in [9.17, 15) is 0 Å². The number of nitrogens with one attached hydrogen (secondary N) is 1. The van der Waals surface area contributed by atoms with E-state index in [1.807, 2.05) is 6.20 Å². The van der Waals surface area contributed by atoms with Gasteiger partial charge in [0.2, 0.25) is 5.95 Å². The van der Waals surface area contributed by atoms with Gasteiger partial charge < -0.3 is 9.88 Å². The fourth-order valence-corrected chi connectivity index (χ4v) is 2.61. The van der Waals surface area contributed by atoms with Crippen molar-refractivity contribution in [3.63, 3.8) is 0 Å². The molecule has 0 saturated heterocycles. The number of hydrogen-bond acceptors (Lipinski definition) is 3. The van der Waals surface area contributed by atoms with Crippen molar-refractivity contribution >= 4 is 17.3 Å². The maximum atomic E-state index is 4.38. The van der Waals surface area contributed by atoms with Crippen LogP contribution < -0.4 is 5.32 Å². The van der Waals surface area contributed by atoms with E-state index < -0.39 is 0 Å². The third-order valence-electron chi connectivity index (χ3n) is 2.92. The molecule has 1 N–H and O–H groups in total. The van der Waals surface area contributed by atoms with Gasteiger partial charge in [-0.3, -0.25) is 0 Å². The molecule has 1 aliphatic carbocycles. The van der Waals surface area contributed by atoms with E-state index in [2.05, 4.69) is 45.5 Å². The zero-order chi connectivity index (χ0) is 11.0. The van der Waals surface area contributed by atoms with Crippen LogP contribution >= 0.6 is 11.3 Å². The first kappa shape index (κ1) is 9.90. The number of aromatic nitrogens is 2. The third-order valence-corrected chi connectivity index (χ3v) is 3.98. The standard InChI is InChI=1S/C12H15N3S/c1-9(11-3-2-8-16-11)14-12-13-6-7-15(12)10-4-5-10/h2-3,6-10H,4-5H2,1H3,(H,13,14). The molecule has 3 rings (SSSR count). The first-order valence-electron chi connectivity index (χ1n) is 5.67. The van der Waals surface area contributed by atoms with Crippen LogP contribution in [-0.2, 0) is 0 Å². The highest BCUT2D eigenvalue weighted by molar-refractivity contribution is 7.10. The SMILES string of the molecule is CC(Nc1nccn1C1CC1)c1cccs1. The Kier molecular flexibility index (Phi) is 2.44. The predicted molar refractivity (Wildman–Crippen MR) is 66.9 cm³/mol. The number of rotatable bonds is 4. The lowest BCUT2D eigenvalue weighted by atomic mass is 10.3. The molecule has 84 valence electrons. The van der Waals surface area contributed by atoms with E-state index in [-0.39, 0.29) is 0 Å². The second-order valence-corrected chi connectivity index (χ2v) is 5.25. The molecule has 2 aromatic heterocycles. The highest BCUT2D eigenvalue weighted by Gasteiger charge is 2.25. The van der Waals surface area contributed by atoms with Crippen molar-refractivity contribution in [2.45, 2.75) is 31.8 Å². The molecule has 0 spiro atoms. The molecule has 0 amide bonds. The summed E-state index contributed by atoms with van der Waals surface area (Å²) in [6.07, 6.45) is 6.53. The van der Waals surface area contributed by atoms with Gasteiger partial charge in [0.05, 0.1) is 6.04 Å². The number of anilines is 1. The summed E-state index contributed by atoms with van der Waals surface area (Å²) in [5.74, 6) is 1.00. The second-order valence-electron chi connectivity index (χ2n) is 4.27. The molecule has 16 heavy (non-hydrogen) atoms. The summed E-state index contributed by atoms with van der Waals surface area (Å²) in [6, 6.07) is 5.26. The summed E-state index contributed by atoms with van der Waals surface area (Å²) in [4.78, 5) is 5.74. The lowest BCUT2D eigenvalue weighted by Gasteiger charge is -2.14. The minimum Gasteiger partial charge on any atom is -0.348 e. The Balaban J connectivity index is 1.76. The largest absolute Gasteiger partial charge is 0.348 e. The van der Waals surface area contributed by atoms with Crippen LogP contribution in [0.4, 0.5) is 5.95 Å². The number of thiophene rings is 1. The second kappa shape index (κ2) is 3.94. The summed E-state index contributed by atoms with van der Waals surface area (Å²) in [5, 5.41) is 5.59. The van der Waals surface area contributed by atoms with Crippen LogP contribution in [0.3, 0.4) is 0 Å². The van der Waals surface area contributed by atoms with Gasteiger partial charge in [-0.1, -0.05) is 6.07 Å². The third kappa shape index (κ3) is 1.85. The Morgan fingerprint density at radius 2 is 2.44 bits per heavy atom. The first-order chi connectivity index (χ1) is 7.84. The molecule has 4 heteroatoms. The zero-order valence-corrected chi connectivity index (χ0v) is 10.1. The van der Waals surface area contributed by atoms with Crippen molar-refractivity contribution in [2.24, 2.45) is 0 Å². The summed E-state index contributed by atoms with van der Waals surface area (Å²) >= 11 is 1.78. The van der Waals surface area contributed by atoms with E-state index in [4.69, 9.17) is 0 Å². The molecule has 0 radical (unpaired) electrons. The van der Waals surface area contributed by atoms with Gasteiger partial charge in [0.25, 0.3) is 0 Å². The maximum absolute atomic E-state index is 4.38. The first-order valence-corrected chi connectivity index (χ1v) is 6.55. The lowest BCUT2D eigenvalue weighted by Crippen LogP contribution is -2.10. The maximum Gasteiger partial charge on any atom is 0.203 e. The molecule has 0 aromatic carbocycles. The van der Waals surface area contributed by atoms with Crippen LogP contribution in [-0.4, -0.2) is 9.55 Å². The average Bonchev–Trinajstić information content (AvgIpc) is 2.83.